The monoisotopic (exact) mass is 423 g/mol. The SMILES string of the molecule is CC(C)(C)n1cc2c(n1)C(=O)C(C)(C)C1(CCN(C(=O)OCc3ccccc3)CC1)C2. The molecule has 2 aliphatic rings. The smallest absolute Gasteiger partial charge is 0.410 e. The first-order valence-electron chi connectivity index (χ1n) is 11.1. The van der Waals surface area contributed by atoms with E-state index in [-0.39, 0.29) is 29.4 Å². The molecule has 1 aromatic heterocycles. The Hall–Kier alpha value is -2.63. The van der Waals surface area contributed by atoms with Gasteiger partial charge in [0.05, 0.1) is 5.54 Å². The van der Waals surface area contributed by atoms with Gasteiger partial charge in [0, 0.05) is 30.3 Å². The molecular formula is C25H33N3O3. The van der Waals surface area contributed by atoms with Gasteiger partial charge in [0.15, 0.2) is 5.78 Å². The second-order valence-electron chi connectivity index (χ2n) is 10.6. The van der Waals surface area contributed by atoms with Crippen molar-refractivity contribution in [2.45, 2.75) is 66.0 Å². The van der Waals surface area contributed by atoms with Gasteiger partial charge in [-0.1, -0.05) is 44.2 Å². The first-order valence-corrected chi connectivity index (χ1v) is 11.1. The van der Waals surface area contributed by atoms with E-state index in [2.05, 4.69) is 39.7 Å². The van der Waals surface area contributed by atoms with Crippen LogP contribution < -0.4 is 0 Å². The Labute approximate surface area is 184 Å². The zero-order valence-corrected chi connectivity index (χ0v) is 19.3. The second kappa shape index (κ2) is 7.50. The summed E-state index contributed by atoms with van der Waals surface area (Å²) >= 11 is 0. The summed E-state index contributed by atoms with van der Waals surface area (Å²) in [7, 11) is 0. The summed E-state index contributed by atoms with van der Waals surface area (Å²) < 4.78 is 7.44. The second-order valence-corrected chi connectivity index (χ2v) is 10.6. The quantitative estimate of drug-likeness (QED) is 0.694. The maximum absolute atomic E-state index is 13.4. The van der Waals surface area contributed by atoms with Crippen molar-refractivity contribution in [3.8, 4) is 0 Å². The Balaban J connectivity index is 1.47. The van der Waals surface area contributed by atoms with Gasteiger partial charge < -0.3 is 9.64 Å². The molecule has 0 radical (unpaired) electrons. The molecule has 0 saturated carbocycles. The van der Waals surface area contributed by atoms with Crippen molar-refractivity contribution >= 4 is 11.9 Å². The van der Waals surface area contributed by atoms with E-state index in [1.807, 2.05) is 41.2 Å². The number of Topliss-reactive ketones (excluding diaryl/α,β-unsaturated/α-hetero) is 1. The molecule has 1 aliphatic heterocycles. The van der Waals surface area contributed by atoms with Crippen LogP contribution in [-0.2, 0) is 23.3 Å². The first-order chi connectivity index (χ1) is 14.5. The lowest BCUT2D eigenvalue weighted by Crippen LogP contribution is -2.55. The molecule has 4 rings (SSSR count). The van der Waals surface area contributed by atoms with Crippen LogP contribution in [0.2, 0.25) is 0 Å². The van der Waals surface area contributed by atoms with Crippen molar-refractivity contribution in [1.29, 1.82) is 0 Å². The van der Waals surface area contributed by atoms with Gasteiger partial charge in [-0.05, 0) is 51.0 Å². The molecule has 2 heterocycles. The number of carbonyl (C=O) groups excluding carboxylic acids is 2. The molecule has 31 heavy (non-hydrogen) atoms. The average molecular weight is 424 g/mol. The predicted octanol–water partition coefficient (Wildman–Crippen LogP) is 4.82. The summed E-state index contributed by atoms with van der Waals surface area (Å²) in [6, 6.07) is 9.71. The molecule has 0 atom stereocenters. The maximum atomic E-state index is 13.4. The topological polar surface area (TPSA) is 64.4 Å². The minimum absolute atomic E-state index is 0.122. The molecule has 166 valence electrons. The summed E-state index contributed by atoms with van der Waals surface area (Å²) in [5, 5.41) is 4.66. The van der Waals surface area contributed by atoms with Crippen LogP contribution in [0.3, 0.4) is 0 Å². The largest absolute Gasteiger partial charge is 0.445 e. The van der Waals surface area contributed by atoms with Crippen molar-refractivity contribution in [2.24, 2.45) is 10.8 Å². The average Bonchev–Trinajstić information content (AvgIpc) is 3.16. The molecule has 1 amide bonds. The van der Waals surface area contributed by atoms with E-state index in [1.165, 1.54) is 0 Å². The highest BCUT2D eigenvalue weighted by Crippen LogP contribution is 2.54. The number of hydrogen-bond donors (Lipinski definition) is 0. The lowest BCUT2D eigenvalue weighted by atomic mass is 9.53. The molecule has 1 fully saturated rings. The van der Waals surface area contributed by atoms with Gasteiger partial charge in [-0.2, -0.15) is 5.10 Å². The van der Waals surface area contributed by atoms with Crippen LogP contribution in [0.1, 0.15) is 69.1 Å². The van der Waals surface area contributed by atoms with Gasteiger partial charge in [-0.3, -0.25) is 9.48 Å². The first kappa shape index (κ1) is 21.6. The summed E-state index contributed by atoms with van der Waals surface area (Å²) in [4.78, 5) is 27.8. The van der Waals surface area contributed by atoms with Gasteiger partial charge in [-0.15, -0.1) is 0 Å². The Bertz CT molecular complexity index is 977. The third-order valence-corrected chi connectivity index (χ3v) is 7.30. The summed E-state index contributed by atoms with van der Waals surface area (Å²) in [5.41, 5.74) is 1.79. The van der Waals surface area contributed by atoms with Gasteiger partial charge in [0.1, 0.15) is 12.3 Å². The van der Waals surface area contributed by atoms with Crippen LogP contribution in [0.4, 0.5) is 4.79 Å². The lowest BCUT2D eigenvalue weighted by molar-refractivity contribution is -0.00428. The zero-order chi connectivity index (χ0) is 22.4. The fourth-order valence-corrected chi connectivity index (χ4v) is 4.93. The van der Waals surface area contributed by atoms with Crippen molar-refractivity contribution in [3.63, 3.8) is 0 Å². The highest BCUT2D eigenvalue weighted by atomic mass is 16.6. The number of piperidine rings is 1. The van der Waals surface area contributed by atoms with Crippen molar-refractivity contribution < 1.29 is 14.3 Å². The molecule has 1 aliphatic carbocycles. The number of benzene rings is 1. The number of ketones is 1. The van der Waals surface area contributed by atoms with Crippen LogP contribution in [0.5, 0.6) is 0 Å². The van der Waals surface area contributed by atoms with Crippen molar-refractivity contribution in [3.05, 3.63) is 53.3 Å². The molecule has 2 aromatic rings. The minimum Gasteiger partial charge on any atom is -0.445 e. The zero-order valence-electron chi connectivity index (χ0n) is 19.3. The highest BCUT2D eigenvalue weighted by Gasteiger charge is 2.55. The van der Waals surface area contributed by atoms with E-state index in [0.717, 1.165) is 30.4 Å². The number of fused-ring (bicyclic) bond motifs is 1. The van der Waals surface area contributed by atoms with E-state index < -0.39 is 5.41 Å². The molecule has 0 N–H and O–H groups in total. The highest BCUT2D eigenvalue weighted by molar-refractivity contribution is 6.01. The van der Waals surface area contributed by atoms with Crippen LogP contribution in [0.15, 0.2) is 36.5 Å². The predicted molar refractivity (Wildman–Crippen MR) is 119 cm³/mol. The van der Waals surface area contributed by atoms with E-state index in [9.17, 15) is 9.59 Å². The Morgan fingerprint density at radius 1 is 1.13 bits per heavy atom. The Kier molecular flexibility index (Phi) is 5.23. The van der Waals surface area contributed by atoms with Crippen LogP contribution >= 0.6 is 0 Å². The van der Waals surface area contributed by atoms with Crippen LogP contribution in [0.25, 0.3) is 0 Å². The van der Waals surface area contributed by atoms with Crippen LogP contribution in [0, 0.1) is 10.8 Å². The normalized spacial score (nSPS) is 19.9. The summed E-state index contributed by atoms with van der Waals surface area (Å²) in [5.74, 6) is 0.122. The van der Waals surface area contributed by atoms with Gasteiger partial charge in [0.25, 0.3) is 0 Å². The number of rotatable bonds is 2. The Morgan fingerprint density at radius 2 is 1.77 bits per heavy atom. The number of aromatic nitrogens is 2. The van der Waals surface area contributed by atoms with E-state index in [0.29, 0.717) is 18.8 Å². The number of ether oxygens (including phenoxy) is 1. The molecule has 6 nitrogen and oxygen atoms in total. The van der Waals surface area contributed by atoms with Crippen LogP contribution in [-0.4, -0.2) is 39.6 Å². The fourth-order valence-electron chi connectivity index (χ4n) is 4.93. The lowest BCUT2D eigenvalue weighted by Gasteiger charge is -2.52. The van der Waals surface area contributed by atoms with Crippen molar-refractivity contribution in [1.82, 2.24) is 14.7 Å². The molecule has 1 saturated heterocycles. The van der Waals surface area contributed by atoms with Gasteiger partial charge >= 0.3 is 6.09 Å². The number of likely N-dealkylation sites (tertiary alicyclic amines) is 1. The fraction of sp³-hybridized carbons (Fsp3) is 0.560. The number of amides is 1. The van der Waals surface area contributed by atoms with E-state index >= 15 is 0 Å². The Morgan fingerprint density at radius 3 is 2.39 bits per heavy atom. The minimum atomic E-state index is -0.517. The third-order valence-electron chi connectivity index (χ3n) is 7.30. The molecule has 1 spiro atoms. The van der Waals surface area contributed by atoms with E-state index in [1.54, 1.807) is 4.90 Å². The van der Waals surface area contributed by atoms with Crippen molar-refractivity contribution in [2.75, 3.05) is 13.1 Å². The number of carbonyl (C=O) groups is 2. The summed E-state index contributed by atoms with van der Waals surface area (Å²) in [6.07, 6.45) is 4.16. The molecule has 0 bridgehead atoms. The standard InChI is InChI=1S/C25H33N3O3/c1-23(2,3)28-16-19-15-25(24(4,5)21(29)20(19)26-28)11-13-27(14-12-25)22(30)31-17-18-9-7-6-8-10-18/h6-10,16H,11-15,17H2,1-5H3. The van der Waals surface area contributed by atoms with E-state index in [4.69, 9.17) is 4.74 Å². The molecule has 1 aromatic carbocycles. The third kappa shape index (κ3) is 3.77. The molecular weight excluding hydrogens is 390 g/mol. The summed E-state index contributed by atoms with van der Waals surface area (Å²) in [6.45, 7) is 11.9. The van der Waals surface area contributed by atoms with Gasteiger partial charge in [-0.25, -0.2) is 4.79 Å². The number of nitrogens with zero attached hydrogens (tertiary/aromatic N) is 3. The molecule has 0 unspecified atom stereocenters. The number of hydrogen-bond acceptors (Lipinski definition) is 4. The molecule has 6 heteroatoms. The van der Waals surface area contributed by atoms with Gasteiger partial charge in [0.2, 0.25) is 0 Å². The maximum Gasteiger partial charge on any atom is 0.410 e.